The summed E-state index contributed by atoms with van der Waals surface area (Å²) >= 11 is 0. The molecule has 2 N–H and O–H groups in total. The van der Waals surface area contributed by atoms with Crippen LogP contribution in [0.2, 0.25) is 0 Å². The molecule has 2 unspecified atom stereocenters. The number of nitrogens with one attached hydrogen (secondary N) is 1. The van der Waals surface area contributed by atoms with Crippen molar-refractivity contribution in [3.05, 3.63) is 30.1 Å². The van der Waals surface area contributed by atoms with E-state index in [2.05, 4.69) is 36.2 Å². The molecule has 1 amide bonds. The van der Waals surface area contributed by atoms with Gasteiger partial charge in [-0.2, -0.15) is 0 Å². The molecule has 1 aromatic heterocycles. The van der Waals surface area contributed by atoms with Gasteiger partial charge in [0.25, 0.3) is 0 Å². The Morgan fingerprint density at radius 3 is 2.77 bits per heavy atom. The zero-order chi connectivity index (χ0) is 16.0. The number of carbonyl (C=O) groups is 1. The highest BCUT2D eigenvalue weighted by atomic mass is 16.4. The van der Waals surface area contributed by atoms with Crippen molar-refractivity contribution in [2.45, 2.75) is 46.6 Å². The average Bonchev–Trinajstić information content (AvgIpc) is 2.83. The molecule has 1 heterocycles. The zero-order valence-electron chi connectivity index (χ0n) is 13.4. The van der Waals surface area contributed by atoms with Gasteiger partial charge in [-0.15, -0.1) is 0 Å². The maximum Gasteiger partial charge on any atom is 0.227 e. The highest BCUT2D eigenvalue weighted by Gasteiger charge is 2.71. The zero-order valence-corrected chi connectivity index (χ0v) is 13.4. The van der Waals surface area contributed by atoms with Crippen LogP contribution in [-0.2, 0) is 11.3 Å². The first-order chi connectivity index (χ1) is 10.4. The summed E-state index contributed by atoms with van der Waals surface area (Å²) in [6, 6.07) is 3.81. The number of pyridine rings is 1. The van der Waals surface area contributed by atoms with Crippen LogP contribution in [-0.4, -0.2) is 21.8 Å². The maximum atomic E-state index is 12.9. The number of amides is 1. The van der Waals surface area contributed by atoms with E-state index in [1.54, 1.807) is 12.4 Å². The molecule has 2 aliphatic carbocycles. The molecule has 2 saturated carbocycles. The molecule has 2 bridgehead atoms. The summed E-state index contributed by atoms with van der Waals surface area (Å²) < 4.78 is 0. The number of oxime groups is 1. The Morgan fingerprint density at radius 2 is 2.18 bits per heavy atom. The first-order valence-electron chi connectivity index (χ1n) is 7.76. The lowest BCUT2D eigenvalue weighted by atomic mass is 9.64. The van der Waals surface area contributed by atoms with Gasteiger partial charge in [-0.25, -0.2) is 0 Å². The lowest BCUT2D eigenvalue weighted by Crippen LogP contribution is -2.46. The standard InChI is InChI=1S/C17H23N3O2/c1-15(2)16(3)6-7-17(15,9-13(16)20-22)14(21)19-11-12-5-4-8-18-10-12/h4-5,8,10,22H,6-7,9,11H2,1-3H3,(H,19,21). The van der Waals surface area contributed by atoms with Crippen LogP contribution < -0.4 is 5.32 Å². The molecule has 5 nitrogen and oxygen atoms in total. The van der Waals surface area contributed by atoms with E-state index in [9.17, 15) is 10.0 Å². The largest absolute Gasteiger partial charge is 0.411 e. The first kappa shape index (κ1) is 15.0. The second-order valence-electron chi connectivity index (χ2n) is 7.31. The van der Waals surface area contributed by atoms with Crippen molar-refractivity contribution in [3.63, 3.8) is 0 Å². The average molecular weight is 301 g/mol. The Hall–Kier alpha value is -1.91. The van der Waals surface area contributed by atoms with Gasteiger partial charge < -0.3 is 10.5 Å². The third-order valence-corrected chi connectivity index (χ3v) is 6.46. The van der Waals surface area contributed by atoms with Crippen LogP contribution in [0.1, 0.15) is 45.6 Å². The van der Waals surface area contributed by atoms with Crippen molar-refractivity contribution >= 4 is 11.6 Å². The minimum Gasteiger partial charge on any atom is -0.411 e. The minimum absolute atomic E-state index is 0.0590. The van der Waals surface area contributed by atoms with Gasteiger partial charge in [0.15, 0.2) is 0 Å². The minimum atomic E-state index is -0.481. The molecule has 2 aliphatic rings. The topological polar surface area (TPSA) is 74.6 Å². The van der Waals surface area contributed by atoms with Gasteiger partial charge in [0, 0.05) is 30.8 Å². The van der Waals surface area contributed by atoms with E-state index in [0.29, 0.717) is 13.0 Å². The summed E-state index contributed by atoms with van der Waals surface area (Å²) in [6.45, 7) is 6.85. The second kappa shape index (κ2) is 4.80. The van der Waals surface area contributed by atoms with Gasteiger partial charge in [0.05, 0.1) is 11.1 Å². The van der Waals surface area contributed by atoms with Gasteiger partial charge in [-0.1, -0.05) is 32.0 Å². The van der Waals surface area contributed by atoms with Crippen LogP contribution in [0.3, 0.4) is 0 Å². The molecule has 2 fully saturated rings. The Bertz CT molecular complexity index is 626. The lowest BCUT2D eigenvalue weighted by molar-refractivity contribution is -0.136. The molecular formula is C17H23N3O2. The molecule has 0 aliphatic heterocycles. The summed E-state index contributed by atoms with van der Waals surface area (Å²) in [4.78, 5) is 17.0. The van der Waals surface area contributed by atoms with E-state index in [0.717, 1.165) is 24.1 Å². The van der Waals surface area contributed by atoms with Crippen LogP contribution in [0.4, 0.5) is 0 Å². The van der Waals surface area contributed by atoms with E-state index in [1.165, 1.54) is 0 Å². The SMILES string of the molecule is CC12CCC(C(=O)NCc3cccnc3)(CC1=NO)C2(C)C. The van der Waals surface area contributed by atoms with Crippen molar-refractivity contribution in [3.8, 4) is 0 Å². The number of aromatic nitrogens is 1. The third-order valence-electron chi connectivity index (χ3n) is 6.46. The Balaban J connectivity index is 1.83. The molecule has 2 atom stereocenters. The van der Waals surface area contributed by atoms with E-state index < -0.39 is 5.41 Å². The number of carbonyl (C=O) groups excluding carboxylic acids is 1. The normalized spacial score (nSPS) is 34.0. The monoisotopic (exact) mass is 301 g/mol. The Kier molecular flexibility index (Phi) is 3.27. The maximum absolute atomic E-state index is 12.9. The van der Waals surface area contributed by atoms with Crippen molar-refractivity contribution < 1.29 is 10.0 Å². The third kappa shape index (κ3) is 1.74. The summed E-state index contributed by atoms with van der Waals surface area (Å²) in [5.74, 6) is 0.0590. The predicted octanol–water partition coefficient (Wildman–Crippen LogP) is 2.74. The van der Waals surface area contributed by atoms with Crippen molar-refractivity contribution in [2.24, 2.45) is 21.4 Å². The smallest absolute Gasteiger partial charge is 0.227 e. The van der Waals surface area contributed by atoms with E-state index in [4.69, 9.17) is 0 Å². The predicted molar refractivity (Wildman–Crippen MR) is 83.5 cm³/mol. The van der Waals surface area contributed by atoms with E-state index in [-0.39, 0.29) is 16.7 Å². The molecule has 0 aromatic carbocycles. The fourth-order valence-corrected chi connectivity index (χ4v) is 4.39. The van der Waals surface area contributed by atoms with Gasteiger partial charge in [-0.05, 0) is 29.9 Å². The summed E-state index contributed by atoms with van der Waals surface area (Å²) in [5, 5.41) is 15.9. The fourth-order valence-electron chi connectivity index (χ4n) is 4.39. The second-order valence-corrected chi connectivity index (χ2v) is 7.31. The van der Waals surface area contributed by atoms with Crippen LogP contribution >= 0.6 is 0 Å². The highest BCUT2D eigenvalue weighted by molar-refractivity contribution is 6.02. The molecule has 22 heavy (non-hydrogen) atoms. The Labute approximate surface area is 130 Å². The summed E-state index contributed by atoms with van der Waals surface area (Å²) in [6.07, 6.45) is 5.76. The van der Waals surface area contributed by atoms with Gasteiger partial charge >= 0.3 is 0 Å². The molecule has 0 spiro atoms. The molecule has 5 heteroatoms. The number of fused-ring (bicyclic) bond motifs is 2. The van der Waals surface area contributed by atoms with Crippen LogP contribution in [0.5, 0.6) is 0 Å². The Morgan fingerprint density at radius 1 is 1.41 bits per heavy atom. The van der Waals surface area contributed by atoms with E-state index in [1.807, 2.05) is 12.1 Å². The molecule has 3 rings (SSSR count). The number of nitrogens with zero attached hydrogens (tertiary/aromatic N) is 2. The number of hydrogen-bond acceptors (Lipinski definition) is 4. The van der Waals surface area contributed by atoms with Gasteiger partial charge in [-0.3, -0.25) is 9.78 Å². The number of hydrogen-bond donors (Lipinski definition) is 2. The number of rotatable bonds is 3. The lowest BCUT2D eigenvalue weighted by Gasteiger charge is -2.39. The fraction of sp³-hybridized carbons (Fsp3) is 0.588. The molecule has 1 aromatic rings. The van der Waals surface area contributed by atoms with Crippen molar-refractivity contribution in [1.29, 1.82) is 0 Å². The molecule has 118 valence electrons. The van der Waals surface area contributed by atoms with Gasteiger partial charge in [0.1, 0.15) is 0 Å². The van der Waals surface area contributed by atoms with Crippen LogP contribution in [0, 0.1) is 16.2 Å². The highest BCUT2D eigenvalue weighted by Crippen LogP contribution is 2.70. The van der Waals surface area contributed by atoms with Crippen LogP contribution in [0.15, 0.2) is 29.7 Å². The van der Waals surface area contributed by atoms with Gasteiger partial charge in [0.2, 0.25) is 5.91 Å². The van der Waals surface area contributed by atoms with Crippen molar-refractivity contribution in [1.82, 2.24) is 10.3 Å². The molecular weight excluding hydrogens is 278 g/mol. The van der Waals surface area contributed by atoms with Crippen LogP contribution in [0.25, 0.3) is 0 Å². The molecule has 0 saturated heterocycles. The first-order valence-corrected chi connectivity index (χ1v) is 7.76. The molecule has 0 radical (unpaired) electrons. The van der Waals surface area contributed by atoms with E-state index >= 15 is 0 Å². The van der Waals surface area contributed by atoms with Crippen molar-refractivity contribution in [2.75, 3.05) is 0 Å². The summed E-state index contributed by atoms with van der Waals surface area (Å²) in [5.41, 5.74) is 0.847. The summed E-state index contributed by atoms with van der Waals surface area (Å²) in [7, 11) is 0. The quantitative estimate of drug-likeness (QED) is 0.666.